The zero-order chi connectivity index (χ0) is 18.3. The number of hydrogen-bond acceptors (Lipinski definition) is 8. The number of benzene rings is 1. The molecule has 3 heterocycles. The Morgan fingerprint density at radius 1 is 1.19 bits per heavy atom. The number of tetrazole rings is 1. The van der Waals surface area contributed by atoms with Crippen LogP contribution in [0.5, 0.6) is 0 Å². The van der Waals surface area contributed by atoms with Gasteiger partial charge in [-0.2, -0.15) is 14.3 Å². The van der Waals surface area contributed by atoms with Crippen molar-refractivity contribution >= 4 is 28.1 Å². The lowest BCUT2D eigenvalue weighted by molar-refractivity contribution is 0.751. The lowest BCUT2D eigenvalue weighted by Gasteiger charge is -2.08. The Labute approximate surface area is 156 Å². The van der Waals surface area contributed by atoms with E-state index in [-0.39, 0.29) is 5.56 Å². The van der Waals surface area contributed by atoms with Gasteiger partial charge in [0.25, 0.3) is 5.56 Å². The van der Waals surface area contributed by atoms with Crippen LogP contribution in [0.2, 0.25) is 0 Å². The van der Waals surface area contributed by atoms with Crippen LogP contribution in [0.25, 0.3) is 10.6 Å². The number of fused-ring (bicyclic) bond motifs is 1. The van der Waals surface area contributed by atoms with Gasteiger partial charge in [-0.25, -0.2) is 4.98 Å². The predicted molar refractivity (Wildman–Crippen MR) is 100 cm³/mol. The van der Waals surface area contributed by atoms with E-state index in [9.17, 15) is 4.79 Å². The van der Waals surface area contributed by atoms with Crippen molar-refractivity contribution in [1.29, 1.82) is 0 Å². The van der Waals surface area contributed by atoms with Crippen molar-refractivity contribution in [2.45, 2.75) is 31.7 Å². The molecule has 0 aliphatic rings. The molecule has 0 unspecified atom stereocenters. The van der Waals surface area contributed by atoms with Crippen LogP contribution in [0.4, 0.5) is 0 Å². The molecule has 132 valence electrons. The number of hydrogen-bond donors (Lipinski definition) is 0. The molecule has 0 saturated carbocycles. The van der Waals surface area contributed by atoms with Crippen LogP contribution in [-0.2, 0) is 5.75 Å². The molecule has 0 saturated heterocycles. The molecule has 4 aromatic rings. The molecule has 0 fully saturated rings. The predicted octanol–water partition coefficient (Wildman–Crippen LogP) is 2.34. The fourth-order valence-electron chi connectivity index (χ4n) is 2.51. The van der Waals surface area contributed by atoms with Crippen LogP contribution in [0.1, 0.15) is 21.8 Å². The lowest BCUT2D eigenvalue weighted by atomic mass is 10.1. The molecule has 3 aromatic heterocycles. The summed E-state index contributed by atoms with van der Waals surface area (Å²) in [5.41, 5.74) is 3.72. The number of aromatic nitrogens is 7. The van der Waals surface area contributed by atoms with Crippen molar-refractivity contribution in [2.24, 2.45) is 0 Å². The van der Waals surface area contributed by atoms with E-state index in [0.29, 0.717) is 21.6 Å². The quantitative estimate of drug-likeness (QED) is 0.498. The second-order valence-corrected chi connectivity index (χ2v) is 7.86. The minimum Gasteiger partial charge on any atom is -0.267 e. The van der Waals surface area contributed by atoms with Gasteiger partial charge < -0.3 is 0 Å². The molecule has 1 aromatic carbocycles. The van der Waals surface area contributed by atoms with Gasteiger partial charge in [0.05, 0.1) is 11.4 Å². The summed E-state index contributed by atoms with van der Waals surface area (Å²) in [6.45, 7) is 5.86. The van der Waals surface area contributed by atoms with Crippen molar-refractivity contribution in [3.63, 3.8) is 0 Å². The normalized spacial score (nSPS) is 11.3. The van der Waals surface area contributed by atoms with E-state index in [1.807, 2.05) is 13.8 Å². The molecular formula is C16H15N7OS2. The van der Waals surface area contributed by atoms with E-state index in [1.54, 1.807) is 11.6 Å². The highest BCUT2D eigenvalue weighted by Crippen LogP contribution is 2.26. The number of thioether (sulfide) groups is 1. The monoisotopic (exact) mass is 385 g/mol. The molecule has 10 heteroatoms. The van der Waals surface area contributed by atoms with Crippen molar-refractivity contribution < 1.29 is 0 Å². The fourth-order valence-corrected chi connectivity index (χ4v) is 4.33. The Morgan fingerprint density at radius 3 is 2.88 bits per heavy atom. The number of rotatable bonds is 4. The van der Waals surface area contributed by atoms with E-state index >= 15 is 0 Å². The third kappa shape index (κ3) is 3.13. The zero-order valence-electron chi connectivity index (χ0n) is 14.4. The van der Waals surface area contributed by atoms with Gasteiger partial charge >= 0.3 is 0 Å². The summed E-state index contributed by atoms with van der Waals surface area (Å²) in [4.78, 5) is 16.9. The summed E-state index contributed by atoms with van der Waals surface area (Å²) >= 11 is 2.87. The highest BCUT2D eigenvalue weighted by molar-refractivity contribution is 7.98. The van der Waals surface area contributed by atoms with E-state index in [2.05, 4.69) is 43.8 Å². The summed E-state index contributed by atoms with van der Waals surface area (Å²) in [5.74, 6) is 0.553. The molecule has 0 aliphatic heterocycles. The molecule has 26 heavy (non-hydrogen) atoms. The van der Waals surface area contributed by atoms with Crippen LogP contribution in [0.15, 0.2) is 34.2 Å². The van der Waals surface area contributed by atoms with Crippen LogP contribution in [0.3, 0.4) is 0 Å². The summed E-state index contributed by atoms with van der Waals surface area (Å²) in [7, 11) is 0. The van der Waals surface area contributed by atoms with E-state index in [0.717, 1.165) is 21.8 Å². The summed E-state index contributed by atoms with van der Waals surface area (Å²) in [6, 6.07) is 7.64. The van der Waals surface area contributed by atoms with Gasteiger partial charge in [-0.3, -0.25) is 4.79 Å². The second-order valence-electron chi connectivity index (χ2n) is 5.88. The van der Waals surface area contributed by atoms with Gasteiger partial charge in [0, 0.05) is 11.8 Å². The highest BCUT2D eigenvalue weighted by Gasteiger charge is 2.14. The maximum absolute atomic E-state index is 12.0. The third-order valence-corrected chi connectivity index (χ3v) is 5.80. The standard InChI is InChI=1S/C16H15N7OS2/c1-9-4-5-10(2)12(6-9)22-16(18-20-21-22)25-8-13-19-23-14(24)7-11(3)17-15(23)26-13/h4-7H,8H2,1-3H3. The SMILES string of the molecule is Cc1ccc(C)c(-n2nnnc2SCc2nn3c(=O)cc(C)nc3s2)c1. The first-order valence-electron chi connectivity index (χ1n) is 7.86. The van der Waals surface area contributed by atoms with E-state index in [4.69, 9.17) is 0 Å². The fraction of sp³-hybridized carbons (Fsp3) is 0.250. The van der Waals surface area contributed by atoms with Gasteiger partial charge in [-0.1, -0.05) is 35.2 Å². The minimum atomic E-state index is -0.166. The maximum Gasteiger partial charge on any atom is 0.275 e. The Morgan fingerprint density at radius 2 is 2.04 bits per heavy atom. The van der Waals surface area contributed by atoms with Gasteiger partial charge in [-0.05, 0) is 48.4 Å². The first-order chi connectivity index (χ1) is 12.5. The second kappa shape index (κ2) is 6.61. The zero-order valence-corrected chi connectivity index (χ0v) is 16.0. The highest BCUT2D eigenvalue weighted by atomic mass is 32.2. The van der Waals surface area contributed by atoms with Gasteiger partial charge in [0.2, 0.25) is 10.1 Å². The van der Waals surface area contributed by atoms with Crippen LogP contribution < -0.4 is 5.56 Å². The Kier molecular flexibility index (Phi) is 4.29. The molecule has 8 nitrogen and oxygen atoms in total. The van der Waals surface area contributed by atoms with Crippen molar-refractivity contribution in [3.8, 4) is 5.69 Å². The topological polar surface area (TPSA) is 90.9 Å². The summed E-state index contributed by atoms with van der Waals surface area (Å²) < 4.78 is 3.07. The van der Waals surface area contributed by atoms with Crippen LogP contribution >= 0.6 is 23.1 Å². The van der Waals surface area contributed by atoms with Crippen molar-refractivity contribution in [3.05, 3.63) is 56.4 Å². The molecule has 0 N–H and O–H groups in total. The van der Waals surface area contributed by atoms with Crippen LogP contribution in [-0.4, -0.2) is 34.8 Å². The molecule has 0 aliphatic carbocycles. The Balaban J connectivity index is 1.62. The average Bonchev–Trinajstić information content (AvgIpc) is 3.21. The average molecular weight is 385 g/mol. The van der Waals surface area contributed by atoms with Gasteiger partial charge in [0.1, 0.15) is 5.01 Å². The molecule has 0 bridgehead atoms. The van der Waals surface area contributed by atoms with Crippen LogP contribution in [0, 0.1) is 20.8 Å². The largest absolute Gasteiger partial charge is 0.275 e. The maximum atomic E-state index is 12.0. The minimum absolute atomic E-state index is 0.166. The van der Waals surface area contributed by atoms with Crippen molar-refractivity contribution in [2.75, 3.05) is 0 Å². The Bertz CT molecular complexity index is 1160. The van der Waals surface area contributed by atoms with Gasteiger partial charge in [-0.15, -0.1) is 5.10 Å². The Hall–Kier alpha value is -2.59. The molecule has 0 amide bonds. The first kappa shape index (κ1) is 16.9. The van der Waals surface area contributed by atoms with Crippen molar-refractivity contribution in [1.82, 2.24) is 34.8 Å². The molecule has 0 spiro atoms. The van der Waals surface area contributed by atoms with E-state index in [1.165, 1.54) is 33.7 Å². The number of nitrogens with zero attached hydrogens (tertiary/aromatic N) is 7. The summed E-state index contributed by atoms with van der Waals surface area (Å²) in [6.07, 6.45) is 0. The lowest BCUT2D eigenvalue weighted by Crippen LogP contribution is -2.14. The van der Waals surface area contributed by atoms with E-state index < -0.39 is 0 Å². The van der Waals surface area contributed by atoms with Gasteiger partial charge in [0.15, 0.2) is 0 Å². The number of aryl methyl sites for hydroxylation is 3. The third-order valence-electron chi connectivity index (χ3n) is 3.77. The molecule has 0 atom stereocenters. The molecule has 4 rings (SSSR count). The first-order valence-corrected chi connectivity index (χ1v) is 9.67. The summed E-state index contributed by atoms with van der Waals surface area (Å²) in [5, 5.41) is 17.9. The smallest absolute Gasteiger partial charge is 0.267 e. The molecule has 0 radical (unpaired) electrons. The molecular weight excluding hydrogens is 370 g/mol.